The van der Waals surface area contributed by atoms with Crippen LogP contribution >= 0.6 is 0 Å². The topological polar surface area (TPSA) is 151 Å². The minimum Gasteiger partial charge on any atom is -0.480 e. The van der Waals surface area contributed by atoms with E-state index in [1.165, 1.54) is 6.92 Å². The normalized spacial score (nSPS) is 15.7. The van der Waals surface area contributed by atoms with E-state index in [2.05, 4.69) is 16.0 Å². The molecule has 0 fully saturated rings. The van der Waals surface area contributed by atoms with Crippen LogP contribution in [0.15, 0.2) is 30.3 Å². The van der Waals surface area contributed by atoms with Gasteiger partial charge in [0.15, 0.2) is 0 Å². The van der Waals surface area contributed by atoms with Crippen LogP contribution in [0, 0.1) is 11.8 Å². The Balaban J connectivity index is 2.81. The summed E-state index contributed by atoms with van der Waals surface area (Å²) in [6.45, 7) is 8.78. The zero-order valence-corrected chi connectivity index (χ0v) is 19.4. The lowest BCUT2D eigenvalue weighted by atomic mass is 9.96. The van der Waals surface area contributed by atoms with Crippen LogP contribution < -0.4 is 21.7 Å². The molecule has 1 aromatic carbocycles. The van der Waals surface area contributed by atoms with Crippen molar-refractivity contribution in [2.24, 2.45) is 17.6 Å². The number of aliphatic carboxylic acids is 1. The van der Waals surface area contributed by atoms with Gasteiger partial charge >= 0.3 is 5.97 Å². The Morgan fingerprint density at radius 1 is 0.906 bits per heavy atom. The summed E-state index contributed by atoms with van der Waals surface area (Å²) in [5.41, 5.74) is 6.64. The number of carbonyl (C=O) groups is 4. The molecular formula is C23H36N4O5. The second kappa shape index (κ2) is 12.8. The summed E-state index contributed by atoms with van der Waals surface area (Å²) < 4.78 is 0. The highest BCUT2D eigenvalue weighted by Gasteiger charge is 2.31. The van der Waals surface area contributed by atoms with Crippen LogP contribution in [0.3, 0.4) is 0 Å². The molecule has 0 spiro atoms. The van der Waals surface area contributed by atoms with E-state index in [-0.39, 0.29) is 18.3 Å². The summed E-state index contributed by atoms with van der Waals surface area (Å²) in [5, 5.41) is 17.2. The number of hydrogen-bond acceptors (Lipinski definition) is 5. The Bertz CT molecular complexity index is 784. The lowest BCUT2D eigenvalue weighted by molar-refractivity contribution is -0.142. The zero-order chi connectivity index (χ0) is 24.4. The molecule has 9 heteroatoms. The standard InChI is InChI=1S/C23H36N4O5/c1-6-14(4)19(27-21(29)18(24)13(2)3)22(30)25-15(5)20(28)26-17(23(31)32)12-16-10-8-7-9-11-16/h7-11,13-15,17-19H,6,12,24H2,1-5H3,(H,25,30)(H,26,28)(H,27,29)(H,31,32). The molecule has 0 aliphatic rings. The zero-order valence-electron chi connectivity index (χ0n) is 19.4. The number of amides is 3. The molecule has 3 amide bonds. The first-order chi connectivity index (χ1) is 15.0. The fourth-order valence-corrected chi connectivity index (χ4v) is 2.97. The third-order valence-electron chi connectivity index (χ3n) is 5.46. The summed E-state index contributed by atoms with van der Waals surface area (Å²) in [6, 6.07) is 5.16. The molecule has 1 rings (SSSR count). The van der Waals surface area contributed by atoms with E-state index in [1.54, 1.807) is 24.3 Å². The molecule has 0 aliphatic heterocycles. The predicted octanol–water partition coefficient (Wildman–Crippen LogP) is 0.817. The minimum atomic E-state index is -1.17. The number of rotatable bonds is 12. The van der Waals surface area contributed by atoms with E-state index in [0.717, 1.165) is 5.56 Å². The van der Waals surface area contributed by atoms with E-state index in [9.17, 15) is 24.3 Å². The number of carboxylic acid groups (broad SMARTS) is 1. The van der Waals surface area contributed by atoms with Crippen molar-refractivity contribution in [2.75, 3.05) is 0 Å². The van der Waals surface area contributed by atoms with Gasteiger partial charge in [-0.2, -0.15) is 0 Å². The Hall–Kier alpha value is -2.94. The van der Waals surface area contributed by atoms with Gasteiger partial charge in [0.25, 0.3) is 0 Å². The third kappa shape index (κ3) is 8.30. The van der Waals surface area contributed by atoms with Gasteiger partial charge in [0.2, 0.25) is 17.7 Å². The van der Waals surface area contributed by atoms with E-state index in [0.29, 0.717) is 6.42 Å². The first kappa shape index (κ1) is 27.1. The molecule has 0 bridgehead atoms. The second-order valence-corrected chi connectivity index (χ2v) is 8.46. The average molecular weight is 449 g/mol. The molecule has 1 aromatic rings. The fraction of sp³-hybridized carbons (Fsp3) is 0.565. The highest BCUT2D eigenvalue weighted by molar-refractivity contribution is 5.94. The smallest absolute Gasteiger partial charge is 0.326 e. The van der Waals surface area contributed by atoms with Crippen LogP contribution in [0.2, 0.25) is 0 Å². The number of carbonyl (C=O) groups excluding carboxylic acids is 3. The van der Waals surface area contributed by atoms with E-state index in [4.69, 9.17) is 5.73 Å². The molecule has 0 radical (unpaired) electrons. The van der Waals surface area contributed by atoms with Crippen LogP contribution in [0.4, 0.5) is 0 Å². The lowest BCUT2D eigenvalue weighted by Gasteiger charge is -2.27. The van der Waals surface area contributed by atoms with Crippen LogP contribution in [0.1, 0.15) is 46.6 Å². The predicted molar refractivity (Wildman–Crippen MR) is 122 cm³/mol. The van der Waals surface area contributed by atoms with Gasteiger partial charge in [-0.25, -0.2) is 4.79 Å². The van der Waals surface area contributed by atoms with Gasteiger partial charge in [-0.15, -0.1) is 0 Å². The molecule has 5 atom stereocenters. The maximum Gasteiger partial charge on any atom is 0.326 e. The van der Waals surface area contributed by atoms with Gasteiger partial charge in [0, 0.05) is 6.42 Å². The molecule has 0 saturated heterocycles. The van der Waals surface area contributed by atoms with Gasteiger partial charge in [-0.3, -0.25) is 14.4 Å². The maximum absolute atomic E-state index is 12.8. The van der Waals surface area contributed by atoms with Crippen molar-refractivity contribution in [1.29, 1.82) is 0 Å². The van der Waals surface area contributed by atoms with Gasteiger partial charge in [0.1, 0.15) is 18.1 Å². The van der Waals surface area contributed by atoms with E-state index in [1.807, 2.05) is 33.8 Å². The maximum atomic E-state index is 12.8. The molecule has 0 saturated carbocycles. The van der Waals surface area contributed by atoms with Crippen molar-refractivity contribution in [3.05, 3.63) is 35.9 Å². The van der Waals surface area contributed by atoms with Crippen molar-refractivity contribution in [2.45, 2.75) is 71.6 Å². The SMILES string of the molecule is CCC(C)C(NC(=O)C(N)C(C)C)C(=O)NC(C)C(=O)NC(Cc1ccccc1)C(=O)O. The van der Waals surface area contributed by atoms with Gasteiger partial charge in [-0.05, 0) is 24.3 Å². The van der Waals surface area contributed by atoms with Crippen LogP contribution in [-0.4, -0.2) is 53.0 Å². The summed E-state index contributed by atoms with van der Waals surface area (Å²) in [5.74, 6) is -3.06. The highest BCUT2D eigenvalue weighted by Crippen LogP contribution is 2.10. The fourth-order valence-electron chi connectivity index (χ4n) is 2.97. The second-order valence-electron chi connectivity index (χ2n) is 8.46. The third-order valence-corrected chi connectivity index (χ3v) is 5.46. The Labute approximate surface area is 189 Å². The highest BCUT2D eigenvalue weighted by atomic mass is 16.4. The van der Waals surface area contributed by atoms with Crippen molar-refractivity contribution in [3.63, 3.8) is 0 Å². The molecule has 178 valence electrons. The minimum absolute atomic E-state index is 0.0992. The van der Waals surface area contributed by atoms with Crippen molar-refractivity contribution in [3.8, 4) is 0 Å². The van der Waals surface area contributed by atoms with E-state index < -0.39 is 47.9 Å². The number of nitrogens with two attached hydrogens (primary N) is 1. The first-order valence-corrected chi connectivity index (χ1v) is 10.9. The molecule has 6 N–H and O–H groups in total. The van der Waals surface area contributed by atoms with Gasteiger partial charge in [0.05, 0.1) is 6.04 Å². The molecule has 9 nitrogen and oxygen atoms in total. The molecule has 0 heterocycles. The average Bonchev–Trinajstić information content (AvgIpc) is 2.75. The van der Waals surface area contributed by atoms with E-state index >= 15 is 0 Å². The number of carboxylic acids is 1. The molecule has 0 aromatic heterocycles. The number of benzene rings is 1. The Morgan fingerprint density at radius 2 is 1.50 bits per heavy atom. The lowest BCUT2D eigenvalue weighted by Crippen LogP contribution is -2.58. The van der Waals surface area contributed by atoms with Crippen LogP contribution in [-0.2, 0) is 25.6 Å². The quantitative estimate of drug-likeness (QED) is 0.319. The molecule has 5 unspecified atom stereocenters. The van der Waals surface area contributed by atoms with Gasteiger partial charge in [-0.1, -0.05) is 64.4 Å². The molecule has 0 aliphatic carbocycles. The molecule has 32 heavy (non-hydrogen) atoms. The van der Waals surface area contributed by atoms with Crippen LogP contribution in [0.25, 0.3) is 0 Å². The monoisotopic (exact) mass is 448 g/mol. The number of hydrogen-bond donors (Lipinski definition) is 5. The Kier molecular flexibility index (Phi) is 10.8. The number of nitrogens with one attached hydrogen (secondary N) is 3. The van der Waals surface area contributed by atoms with Crippen LogP contribution in [0.5, 0.6) is 0 Å². The summed E-state index contributed by atoms with van der Waals surface area (Å²) in [4.78, 5) is 49.4. The van der Waals surface area contributed by atoms with Crippen molar-refractivity contribution >= 4 is 23.7 Å². The Morgan fingerprint density at radius 3 is 2.00 bits per heavy atom. The summed E-state index contributed by atoms with van der Waals surface area (Å²) in [7, 11) is 0. The van der Waals surface area contributed by atoms with Gasteiger partial charge < -0.3 is 26.8 Å². The molecular weight excluding hydrogens is 412 g/mol. The first-order valence-electron chi connectivity index (χ1n) is 10.9. The largest absolute Gasteiger partial charge is 0.480 e. The van der Waals surface area contributed by atoms with Crippen molar-refractivity contribution in [1.82, 2.24) is 16.0 Å². The summed E-state index contributed by atoms with van der Waals surface area (Å²) in [6.07, 6.45) is 0.731. The summed E-state index contributed by atoms with van der Waals surface area (Å²) >= 11 is 0. The van der Waals surface area contributed by atoms with Crippen molar-refractivity contribution < 1.29 is 24.3 Å².